The second-order valence-corrected chi connectivity index (χ2v) is 11.6. The number of allylic oxidation sites excluding steroid dienone is 3. The van der Waals surface area contributed by atoms with Crippen LogP contribution in [0.4, 0.5) is 0 Å². The minimum absolute atomic E-state index is 0.157. The van der Waals surface area contributed by atoms with Crippen molar-refractivity contribution in [3.63, 3.8) is 0 Å². The first-order valence-corrected chi connectivity index (χ1v) is 12.2. The summed E-state index contributed by atoms with van der Waals surface area (Å²) in [6.07, 6.45) is 8.82. The Morgan fingerprint density at radius 3 is 2.67 bits per heavy atom. The van der Waals surface area contributed by atoms with Crippen LogP contribution in [0.25, 0.3) is 4.96 Å². The summed E-state index contributed by atoms with van der Waals surface area (Å²) in [4.78, 5) is 6.78. The molecule has 2 aliphatic carbocycles. The lowest BCUT2D eigenvalue weighted by atomic mass is 9.86. The van der Waals surface area contributed by atoms with Crippen LogP contribution in [0.1, 0.15) is 75.2 Å². The number of thioether (sulfide) groups is 1. The number of rotatable bonds is 5. The Morgan fingerprint density at radius 2 is 2.03 bits per heavy atom. The molecule has 1 unspecified atom stereocenters. The van der Waals surface area contributed by atoms with Crippen LogP contribution in [0.15, 0.2) is 22.8 Å². The van der Waals surface area contributed by atoms with E-state index < -0.39 is 11.2 Å². The largest absolute Gasteiger partial charge is 0.496 e. The Labute approximate surface area is 186 Å². The van der Waals surface area contributed by atoms with E-state index in [4.69, 9.17) is 9.72 Å². The summed E-state index contributed by atoms with van der Waals surface area (Å²) in [7, 11) is 1.73. The minimum Gasteiger partial charge on any atom is -0.496 e. The van der Waals surface area contributed by atoms with Crippen LogP contribution in [-0.4, -0.2) is 42.8 Å². The zero-order valence-corrected chi connectivity index (χ0v) is 19.9. The molecule has 0 amide bonds. The average molecular weight is 450 g/mol. The summed E-state index contributed by atoms with van der Waals surface area (Å²) in [5, 5.41) is 26.5. The van der Waals surface area contributed by atoms with Gasteiger partial charge in [0.25, 0.3) is 0 Å². The summed E-state index contributed by atoms with van der Waals surface area (Å²) in [5.74, 6) is 1.09. The molecule has 1 atom stereocenters. The highest BCUT2D eigenvalue weighted by Gasteiger charge is 2.32. The first-order chi connectivity index (χ1) is 14.1. The second-order valence-electron chi connectivity index (χ2n) is 9.22. The number of nitrogens with zero attached hydrogens (tertiary/aromatic N) is 3. The first-order valence-electron chi connectivity index (χ1n) is 10.5. The van der Waals surface area contributed by atoms with E-state index in [0.717, 1.165) is 54.2 Å². The lowest BCUT2D eigenvalue weighted by Gasteiger charge is -2.34. The zero-order chi connectivity index (χ0) is 21.7. The Morgan fingerprint density at radius 1 is 1.33 bits per heavy atom. The maximum atomic E-state index is 10.4. The van der Waals surface area contributed by atoms with Gasteiger partial charge in [0.2, 0.25) is 4.96 Å². The summed E-state index contributed by atoms with van der Waals surface area (Å²) in [5.41, 5.74) is 0.552. The molecule has 1 fully saturated rings. The number of aromatic nitrogens is 3. The van der Waals surface area contributed by atoms with Crippen molar-refractivity contribution >= 4 is 28.1 Å². The molecular formula is C22H31N3O3S2. The summed E-state index contributed by atoms with van der Waals surface area (Å²) >= 11 is 3.34. The zero-order valence-electron chi connectivity index (χ0n) is 18.3. The number of imidazole rings is 1. The van der Waals surface area contributed by atoms with Crippen molar-refractivity contribution in [3.05, 3.63) is 39.2 Å². The minimum atomic E-state index is -0.981. The number of fused-ring (bicyclic) bond motifs is 1. The Hall–Kier alpha value is -1.35. The van der Waals surface area contributed by atoms with Crippen LogP contribution in [0, 0.1) is 6.92 Å². The topological polar surface area (TPSA) is 79.9 Å². The van der Waals surface area contributed by atoms with E-state index in [-0.39, 0.29) is 5.92 Å². The predicted octanol–water partition coefficient (Wildman–Crippen LogP) is 4.65. The number of hydrogen-bond acceptors (Lipinski definition) is 7. The molecule has 4 rings (SSSR count). The maximum absolute atomic E-state index is 10.4. The molecule has 0 spiro atoms. The van der Waals surface area contributed by atoms with Crippen molar-refractivity contribution in [1.82, 2.24) is 14.6 Å². The first kappa shape index (κ1) is 21.9. The summed E-state index contributed by atoms with van der Waals surface area (Å²) in [6, 6.07) is 0. The molecule has 2 aromatic rings. The highest BCUT2D eigenvalue weighted by Crippen LogP contribution is 2.44. The van der Waals surface area contributed by atoms with E-state index in [1.54, 1.807) is 21.0 Å². The van der Waals surface area contributed by atoms with Crippen molar-refractivity contribution in [2.75, 3.05) is 7.11 Å². The van der Waals surface area contributed by atoms with Crippen LogP contribution in [0.2, 0.25) is 0 Å². The molecule has 6 nitrogen and oxygen atoms in total. The van der Waals surface area contributed by atoms with Crippen LogP contribution in [0.3, 0.4) is 0 Å². The molecule has 30 heavy (non-hydrogen) atoms. The Bertz CT molecular complexity index is 987. The van der Waals surface area contributed by atoms with Crippen LogP contribution in [-0.2, 0) is 10.3 Å². The third-order valence-corrected chi connectivity index (χ3v) is 8.67. The van der Waals surface area contributed by atoms with Gasteiger partial charge in [0, 0.05) is 16.1 Å². The van der Waals surface area contributed by atoms with Gasteiger partial charge in [-0.25, -0.2) is 9.50 Å². The third-order valence-electron chi connectivity index (χ3n) is 6.00. The predicted molar refractivity (Wildman–Crippen MR) is 122 cm³/mol. The van der Waals surface area contributed by atoms with Crippen LogP contribution in [0.5, 0.6) is 0 Å². The molecule has 0 radical (unpaired) electrons. The maximum Gasteiger partial charge on any atom is 0.212 e. The van der Waals surface area contributed by atoms with Crippen molar-refractivity contribution in [1.29, 1.82) is 0 Å². The molecule has 164 valence electrons. The Balaban J connectivity index is 1.58. The molecule has 1 saturated carbocycles. The van der Waals surface area contributed by atoms with Crippen molar-refractivity contribution < 1.29 is 14.9 Å². The van der Waals surface area contributed by atoms with Crippen LogP contribution >= 0.6 is 23.1 Å². The van der Waals surface area contributed by atoms with E-state index >= 15 is 0 Å². The monoisotopic (exact) mass is 449 g/mol. The van der Waals surface area contributed by atoms with Crippen molar-refractivity contribution in [2.45, 2.75) is 82.2 Å². The molecule has 0 saturated heterocycles. The summed E-state index contributed by atoms with van der Waals surface area (Å²) in [6.45, 7) is 7.47. The number of methoxy groups -OCH3 is 1. The van der Waals surface area contributed by atoms with E-state index in [2.05, 4.69) is 17.3 Å². The van der Waals surface area contributed by atoms with Gasteiger partial charge in [0.15, 0.2) is 0 Å². The smallest absolute Gasteiger partial charge is 0.212 e. The van der Waals surface area contributed by atoms with Gasteiger partial charge in [-0.15, -0.1) is 11.8 Å². The Kier molecular flexibility index (Phi) is 5.81. The molecule has 0 aromatic carbocycles. The van der Waals surface area contributed by atoms with Crippen molar-refractivity contribution in [3.8, 4) is 0 Å². The molecule has 2 aliphatic rings. The molecule has 2 heterocycles. The molecule has 0 bridgehead atoms. The van der Waals surface area contributed by atoms with Gasteiger partial charge in [-0.05, 0) is 65.9 Å². The normalized spacial score (nSPS) is 27.8. The standard InChI is InChI=1S/C22H31N3O3S2/c1-13-18(25-20(23-13)30-19(24-25)21(2,3)26)14-6-7-16(28-5)17(12-14)29-15-8-10-22(4,27)11-9-15/h6-7,14-15,26-27H,8-12H2,1-5H3. The van der Waals surface area contributed by atoms with Gasteiger partial charge in [-0.1, -0.05) is 17.4 Å². The van der Waals surface area contributed by atoms with Crippen LogP contribution < -0.4 is 0 Å². The van der Waals surface area contributed by atoms with Gasteiger partial charge in [0.05, 0.1) is 24.1 Å². The number of aliphatic hydroxyl groups is 2. The molecule has 2 N–H and O–H groups in total. The molecular weight excluding hydrogens is 418 g/mol. The van der Waals surface area contributed by atoms with Gasteiger partial charge < -0.3 is 14.9 Å². The van der Waals surface area contributed by atoms with E-state index in [1.165, 1.54) is 16.2 Å². The lowest BCUT2D eigenvalue weighted by Crippen LogP contribution is -2.31. The summed E-state index contributed by atoms with van der Waals surface area (Å²) < 4.78 is 7.57. The van der Waals surface area contributed by atoms with E-state index in [0.29, 0.717) is 10.3 Å². The fourth-order valence-corrected chi connectivity index (χ4v) is 6.58. The van der Waals surface area contributed by atoms with E-state index in [1.807, 2.05) is 30.1 Å². The fourth-order valence-electron chi connectivity index (χ4n) is 4.21. The van der Waals surface area contributed by atoms with Gasteiger partial charge in [-0.2, -0.15) is 5.10 Å². The third kappa shape index (κ3) is 4.33. The molecule has 8 heteroatoms. The number of aryl methyl sites for hydroxylation is 1. The van der Waals surface area contributed by atoms with Gasteiger partial charge >= 0.3 is 0 Å². The SMILES string of the molecule is COC1=C(SC2CCC(C)(O)CC2)CC(c2c(C)nc3sc(C(C)(C)O)nn23)C=C1. The molecule has 0 aliphatic heterocycles. The van der Waals surface area contributed by atoms with Gasteiger partial charge in [-0.3, -0.25) is 0 Å². The second kappa shape index (κ2) is 7.97. The number of ether oxygens (including phenoxy) is 1. The van der Waals surface area contributed by atoms with Crippen molar-refractivity contribution in [2.24, 2.45) is 0 Å². The average Bonchev–Trinajstić information content (AvgIpc) is 3.20. The number of hydrogen-bond donors (Lipinski definition) is 2. The quantitative estimate of drug-likeness (QED) is 0.691. The highest BCUT2D eigenvalue weighted by atomic mass is 32.2. The highest BCUT2D eigenvalue weighted by molar-refractivity contribution is 8.03. The van der Waals surface area contributed by atoms with Gasteiger partial charge in [0.1, 0.15) is 16.4 Å². The van der Waals surface area contributed by atoms with E-state index in [9.17, 15) is 10.2 Å². The molecule has 2 aromatic heterocycles. The lowest BCUT2D eigenvalue weighted by molar-refractivity contribution is 0.0240. The fraction of sp³-hybridized carbons (Fsp3) is 0.636.